The summed E-state index contributed by atoms with van der Waals surface area (Å²) >= 11 is 0. The van der Waals surface area contributed by atoms with Crippen LogP contribution < -0.4 is 5.32 Å². The molecule has 1 amide bonds. The summed E-state index contributed by atoms with van der Waals surface area (Å²) in [7, 11) is 0. The Morgan fingerprint density at radius 2 is 2.32 bits per heavy atom. The summed E-state index contributed by atoms with van der Waals surface area (Å²) in [6.07, 6.45) is 5.71. The monoisotopic (exact) mass is 335 g/mol. The van der Waals surface area contributed by atoms with Gasteiger partial charge in [-0.2, -0.15) is 0 Å². The van der Waals surface area contributed by atoms with Crippen LogP contribution in [0.1, 0.15) is 35.9 Å². The Bertz CT molecular complexity index is 889. The Hall–Kier alpha value is -2.73. The zero-order valence-electron chi connectivity index (χ0n) is 14.2. The molecule has 0 unspecified atom stereocenters. The lowest BCUT2D eigenvalue weighted by Gasteiger charge is -2.19. The van der Waals surface area contributed by atoms with E-state index in [1.54, 1.807) is 24.5 Å². The Kier molecular flexibility index (Phi) is 4.19. The quantitative estimate of drug-likeness (QED) is 0.768. The number of carbonyl (C=O) groups excluding carboxylic acids is 1. The summed E-state index contributed by atoms with van der Waals surface area (Å²) in [6, 6.07) is 9.84. The molecular weight excluding hydrogens is 314 g/mol. The number of aromatic amines is 1. The lowest BCUT2D eigenvalue weighted by molar-refractivity contribution is 0.102. The van der Waals surface area contributed by atoms with Crippen LogP contribution in [0.5, 0.6) is 0 Å². The van der Waals surface area contributed by atoms with E-state index in [0.29, 0.717) is 11.6 Å². The predicted molar refractivity (Wildman–Crippen MR) is 97.4 cm³/mol. The summed E-state index contributed by atoms with van der Waals surface area (Å²) in [6.45, 7) is 4.24. The molecule has 0 spiro atoms. The Labute approximate surface area is 146 Å². The van der Waals surface area contributed by atoms with E-state index < -0.39 is 0 Å². The second-order valence-corrected chi connectivity index (χ2v) is 6.57. The molecule has 3 heterocycles. The van der Waals surface area contributed by atoms with Crippen LogP contribution >= 0.6 is 0 Å². The number of pyridine rings is 1. The standard InChI is InChI=1S/C19H21N5O/c1-13-4-3-9-24(13)12-18-22-16-7-6-15(10-17(16)23-18)21-19(25)14-5-2-8-20-11-14/h2,5-8,10-11,13H,3-4,9,12H2,1H3,(H,21,25)(H,22,23)/t13-/m0/s1. The van der Waals surface area contributed by atoms with Crippen LogP contribution in [0.3, 0.4) is 0 Å². The number of fused-ring (bicyclic) bond motifs is 1. The van der Waals surface area contributed by atoms with Gasteiger partial charge in [-0.25, -0.2) is 4.98 Å². The average Bonchev–Trinajstić information content (AvgIpc) is 3.21. The van der Waals surface area contributed by atoms with E-state index in [1.807, 2.05) is 18.2 Å². The van der Waals surface area contributed by atoms with Gasteiger partial charge in [-0.1, -0.05) is 0 Å². The van der Waals surface area contributed by atoms with Crippen LogP contribution in [-0.2, 0) is 6.54 Å². The average molecular weight is 335 g/mol. The molecule has 6 heteroatoms. The minimum Gasteiger partial charge on any atom is -0.341 e. The van der Waals surface area contributed by atoms with Crippen LogP contribution in [0.2, 0.25) is 0 Å². The summed E-state index contributed by atoms with van der Waals surface area (Å²) in [5, 5.41) is 2.90. The lowest BCUT2D eigenvalue weighted by Crippen LogP contribution is -2.26. The third kappa shape index (κ3) is 3.39. The number of carbonyl (C=O) groups is 1. The SMILES string of the molecule is C[C@H]1CCCN1Cc1nc2cc(NC(=O)c3cccnc3)ccc2[nH]1. The zero-order chi connectivity index (χ0) is 17.2. The van der Waals surface area contributed by atoms with Gasteiger partial charge >= 0.3 is 0 Å². The van der Waals surface area contributed by atoms with Crippen molar-refractivity contribution in [2.45, 2.75) is 32.4 Å². The van der Waals surface area contributed by atoms with E-state index >= 15 is 0 Å². The van der Waals surface area contributed by atoms with E-state index in [9.17, 15) is 4.79 Å². The molecule has 0 radical (unpaired) electrons. The van der Waals surface area contributed by atoms with Gasteiger partial charge in [-0.3, -0.25) is 14.7 Å². The molecular formula is C19H21N5O. The number of likely N-dealkylation sites (tertiary alicyclic amines) is 1. The smallest absolute Gasteiger partial charge is 0.257 e. The number of nitrogens with one attached hydrogen (secondary N) is 2. The molecule has 1 atom stereocenters. The number of rotatable bonds is 4. The molecule has 1 saturated heterocycles. The third-order valence-electron chi connectivity index (χ3n) is 4.76. The van der Waals surface area contributed by atoms with Gasteiger partial charge in [0.05, 0.1) is 23.1 Å². The number of amides is 1. The first-order chi connectivity index (χ1) is 12.2. The Morgan fingerprint density at radius 3 is 3.08 bits per heavy atom. The van der Waals surface area contributed by atoms with Gasteiger partial charge in [0.15, 0.2) is 0 Å². The molecule has 1 aliphatic rings. The van der Waals surface area contributed by atoms with Gasteiger partial charge in [-0.15, -0.1) is 0 Å². The molecule has 0 bridgehead atoms. The van der Waals surface area contributed by atoms with Gasteiger partial charge in [0.2, 0.25) is 0 Å². The van der Waals surface area contributed by atoms with Gasteiger partial charge in [0.25, 0.3) is 5.91 Å². The van der Waals surface area contributed by atoms with Crippen molar-refractivity contribution < 1.29 is 4.79 Å². The second kappa shape index (κ2) is 6.64. The summed E-state index contributed by atoms with van der Waals surface area (Å²) in [5.74, 6) is 0.800. The van der Waals surface area contributed by atoms with Crippen molar-refractivity contribution in [3.63, 3.8) is 0 Å². The van der Waals surface area contributed by atoms with E-state index in [2.05, 4.69) is 27.1 Å². The number of imidazole rings is 1. The van der Waals surface area contributed by atoms with Crippen LogP contribution in [-0.4, -0.2) is 38.3 Å². The summed E-state index contributed by atoms with van der Waals surface area (Å²) in [5.41, 5.74) is 3.12. The molecule has 1 fully saturated rings. The molecule has 1 aliphatic heterocycles. The minimum absolute atomic E-state index is 0.172. The highest BCUT2D eigenvalue weighted by Crippen LogP contribution is 2.21. The first-order valence-electron chi connectivity index (χ1n) is 8.63. The van der Waals surface area contributed by atoms with Crippen molar-refractivity contribution in [1.29, 1.82) is 0 Å². The molecule has 4 rings (SSSR count). The fourth-order valence-corrected chi connectivity index (χ4v) is 3.33. The number of anilines is 1. The first-order valence-corrected chi connectivity index (χ1v) is 8.63. The van der Waals surface area contributed by atoms with Crippen molar-refractivity contribution in [1.82, 2.24) is 19.9 Å². The highest BCUT2D eigenvalue weighted by molar-refractivity contribution is 6.04. The normalized spacial score (nSPS) is 17.9. The van der Waals surface area contributed by atoms with E-state index in [0.717, 1.165) is 35.6 Å². The van der Waals surface area contributed by atoms with Gasteiger partial charge in [0.1, 0.15) is 5.82 Å². The number of hydrogen-bond acceptors (Lipinski definition) is 4. The Morgan fingerprint density at radius 1 is 1.40 bits per heavy atom. The van der Waals surface area contributed by atoms with Gasteiger partial charge < -0.3 is 10.3 Å². The van der Waals surface area contributed by atoms with Crippen molar-refractivity contribution in [2.24, 2.45) is 0 Å². The minimum atomic E-state index is -0.172. The molecule has 2 N–H and O–H groups in total. The molecule has 2 aromatic heterocycles. The number of benzene rings is 1. The maximum absolute atomic E-state index is 12.2. The maximum atomic E-state index is 12.2. The highest BCUT2D eigenvalue weighted by Gasteiger charge is 2.21. The van der Waals surface area contributed by atoms with Crippen LogP contribution in [0.4, 0.5) is 5.69 Å². The summed E-state index contributed by atoms with van der Waals surface area (Å²) < 4.78 is 0. The van der Waals surface area contributed by atoms with E-state index in [-0.39, 0.29) is 5.91 Å². The van der Waals surface area contributed by atoms with Crippen molar-refractivity contribution in [3.05, 3.63) is 54.1 Å². The van der Waals surface area contributed by atoms with E-state index in [4.69, 9.17) is 4.98 Å². The molecule has 3 aromatic rings. The van der Waals surface area contributed by atoms with Crippen molar-refractivity contribution in [3.8, 4) is 0 Å². The second-order valence-electron chi connectivity index (χ2n) is 6.57. The van der Waals surface area contributed by atoms with Crippen LogP contribution in [0, 0.1) is 0 Å². The molecule has 0 saturated carbocycles. The number of nitrogens with zero attached hydrogens (tertiary/aromatic N) is 3. The van der Waals surface area contributed by atoms with E-state index in [1.165, 1.54) is 12.8 Å². The number of aromatic nitrogens is 3. The van der Waals surface area contributed by atoms with Crippen LogP contribution in [0.25, 0.3) is 11.0 Å². The first kappa shape index (κ1) is 15.8. The predicted octanol–water partition coefficient (Wildman–Crippen LogP) is 3.19. The lowest BCUT2D eigenvalue weighted by atomic mass is 10.2. The maximum Gasteiger partial charge on any atom is 0.257 e. The molecule has 25 heavy (non-hydrogen) atoms. The topological polar surface area (TPSA) is 73.9 Å². The zero-order valence-corrected chi connectivity index (χ0v) is 14.2. The number of hydrogen-bond donors (Lipinski definition) is 2. The van der Waals surface area contributed by atoms with Crippen molar-refractivity contribution >= 4 is 22.6 Å². The molecule has 6 nitrogen and oxygen atoms in total. The van der Waals surface area contributed by atoms with Gasteiger partial charge in [0, 0.05) is 24.1 Å². The largest absolute Gasteiger partial charge is 0.341 e. The summed E-state index contributed by atoms with van der Waals surface area (Å²) in [4.78, 5) is 26.7. The van der Waals surface area contributed by atoms with Crippen molar-refractivity contribution in [2.75, 3.05) is 11.9 Å². The molecule has 0 aliphatic carbocycles. The Balaban J connectivity index is 1.51. The van der Waals surface area contributed by atoms with Crippen LogP contribution in [0.15, 0.2) is 42.7 Å². The fraction of sp³-hybridized carbons (Fsp3) is 0.316. The fourth-order valence-electron chi connectivity index (χ4n) is 3.33. The third-order valence-corrected chi connectivity index (χ3v) is 4.76. The number of H-pyrrole nitrogens is 1. The molecule has 1 aromatic carbocycles. The molecule has 128 valence electrons. The van der Waals surface area contributed by atoms with Gasteiger partial charge in [-0.05, 0) is 56.6 Å². The highest BCUT2D eigenvalue weighted by atomic mass is 16.1.